The molecule has 9 aromatic rings. The molecule has 0 amide bonds. The average Bonchev–Trinajstić information content (AvgIpc) is 3.56. The van der Waals surface area contributed by atoms with E-state index >= 15 is 0 Å². The third kappa shape index (κ3) is 5.07. The van der Waals surface area contributed by atoms with Crippen LogP contribution in [-0.2, 0) is 0 Å². The van der Waals surface area contributed by atoms with Crippen LogP contribution in [0.3, 0.4) is 0 Å². The van der Waals surface area contributed by atoms with Crippen molar-refractivity contribution in [1.82, 2.24) is 9.55 Å². The topological polar surface area (TPSA) is 39.5 Å². The van der Waals surface area contributed by atoms with Gasteiger partial charge in [-0.3, -0.25) is 0 Å². The first kappa shape index (κ1) is 29.8. The van der Waals surface area contributed by atoms with Crippen LogP contribution >= 0.6 is 0 Å². The summed E-state index contributed by atoms with van der Waals surface area (Å²) in [5.74, 6) is 2.77. The molecule has 0 unspecified atom stereocenters. The molecule has 0 N–H and O–H groups in total. The Morgan fingerprint density at radius 3 is 1.54 bits per heavy atom. The van der Waals surface area contributed by atoms with Gasteiger partial charge in [-0.15, -0.1) is 0 Å². The molecule has 2 aromatic heterocycles. The molecule has 5 heteroatoms. The minimum absolute atomic E-state index is 0.684. The standard InChI is InChI=1S/C47H31N3O2/c1-5-15-32(16-6-1)39-30-37(31-40(48-39)33-17-7-2-8-18-33)50-41-26-25-36(49(34-19-9-3-10-20-34)35-21-11-4-12-22-35)29-38(41)46-42(50)27-28-45-47(46)52-44-24-14-13-23-43(44)51-45/h1-31H. The van der Waals surface area contributed by atoms with Crippen molar-refractivity contribution in [3.8, 4) is 51.2 Å². The van der Waals surface area contributed by atoms with Crippen molar-refractivity contribution in [2.45, 2.75) is 0 Å². The summed E-state index contributed by atoms with van der Waals surface area (Å²) in [6.45, 7) is 0. The van der Waals surface area contributed by atoms with E-state index in [4.69, 9.17) is 14.5 Å². The van der Waals surface area contributed by atoms with E-state index in [1.54, 1.807) is 0 Å². The number of ether oxygens (including phenoxy) is 2. The lowest BCUT2D eigenvalue weighted by Gasteiger charge is -2.25. The highest BCUT2D eigenvalue weighted by atomic mass is 16.6. The van der Waals surface area contributed by atoms with Crippen molar-refractivity contribution < 1.29 is 9.47 Å². The normalized spacial score (nSPS) is 11.8. The molecular formula is C47H31N3O2. The number of hydrogen-bond donors (Lipinski definition) is 0. The zero-order valence-electron chi connectivity index (χ0n) is 28.1. The lowest BCUT2D eigenvalue weighted by Crippen LogP contribution is -2.09. The van der Waals surface area contributed by atoms with Crippen molar-refractivity contribution in [1.29, 1.82) is 0 Å². The molecule has 1 aliphatic heterocycles. The Morgan fingerprint density at radius 1 is 0.423 bits per heavy atom. The van der Waals surface area contributed by atoms with Crippen LogP contribution in [0.5, 0.6) is 23.0 Å². The third-order valence-corrected chi connectivity index (χ3v) is 9.61. The largest absolute Gasteiger partial charge is 0.449 e. The molecule has 5 nitrogen and oxygen atoms in total. The third-order valence-electron chi connectivity index (χ3n) is 9.61. The van der Waals surface area contributed by atoms with E-state index in [-0.39, 0.29) is 0 Å². The summed E-state index contributed by atoms with van der Waals surface area (Å²) in [5.41, 5.74) is 10.1. The Kier molecular flexibility index (Phi) is 7.07. The number of rotatable bonds is 6. The molecular weight excluding hydrogens is 639 g/mol. The second kappa shape index (κ2) is 12.3. The maximum Gasteiger partial charge on any atom is 0.180 e. The van der Waals surface area contributed by atoms with E-state index < -0.39 is 0 Å². The zero-order chi connectivity index (χ0) is 34.4. The Bertz CT molecular complexity index is 2630. The van der Waals surface area contributed by atoms with Crippen molar-refractivity contribution in [3.05, 3.63) is 188 Å². The van der Waals surface area contributed by atoms with Gasteiger partial charge in [0, 0.05) is 33.6 Å². The molecule has 0 spiro atoms. The minimum Gasteiger partial charge on any atom is -0.449 e. The summed E-state index contributed by atoms with van der Waals surface area (Å²) in [4.78, 5) is 7.47. The van der Waals surface area contributed by atoms with Gasteiger partial charge in [-0.25, -0.2) is 4.98 Å². The number of anilines is 3. The van der Waals surface area contributed by atoms with E-state index in [0.717, 1.165) is 67.1 Å². The predicted molar refractivity (Wildman–Crippen MR) is 211 cm³/mol. The molecule has 246 valence electrons. The Balaban J connectivity index is 1.27. The quantitative estimate of drug-likeness (QED) is 0.177. The van der Waals surface area contributed by atoms with Crippen LogP contribution in [0.4, 0.5) is 17.1 Å². The molecule has 52 heavy (non-hydrogen) atoms. The average molecular weight is 670 g/mol. The molecule has 10 rings (SSSR count). The highest BCUT2D eigenvalue weighted by Crippen LogP contribution is 2.52. The molecule has 0 fully saturated rings. The molecule has 0 saturated heterocycles. The molecule has 7 aromatic carbocycles. The molecule has 3 heterocycles. The number of para-hydroxylation sites is 4. The van der Waals surface area contributed by atoms with Gasteiger partial charge in [-0.1, -0.05) is 109 Å². The van der Waals surface area contributed by atoms with Crippen molar-refractivity contribution in [2.24, 2.45) is 0 Å². The van der Waals surface area contributed by atoms with Crippen LogP contribution in [0.25, 0.3) is 50.0 Å². The van der Waals surface area contributed by atoms with Crippen molar-refractivity contribution in [3.63, 3.8) is 0 Å². The van der Waals surface area contributed by atoms with Crippen LogP contribution in [0.2, 0.25) is 0 Å². The summed E-state index contributed by atoms with van der Waals surface area (Å²) < 4.78 is 15.5. The molecule has 0 atom stereocenters. The monoisotopic (exact) mass is 669 g/mol. The van der Waals surface area contributed by atoms with Gasteiger partial charge < -0.3 is 18.9 Å². The fourth-order valence-electron chi connectivity index (χ4n) is 7.26. The minimum atomic E-state index is 0.684. The number of hydrogen-bond acceptors (Lipinski definition) is 4. The molecule has 0 saturated carbocycles. The summed E-state index contributed by atoms with van der Waals surface area (Å²) >= 11 is 0. The number of aromatic nitrogens is 2. The van der Waals surface area contributed by atoms with E-state index in [1.165, 1.54) is 0 Å². The zero-order valence-corrected chi connectivity index (χ0v) is 28.1. The number of benzene rings is 7. The van der Waals surface area contributed by atoms with E-state index in [0.29, 0.717) is 23.0 Å². The number of fused-ring (bicyclic) bond motifs is 6. The van der Waals surface area contributed by atoms with Gasteiger partial charge in [0.1, 0.15) is 0 Å². The Morgan fingerprint density at radius 2 is 0.942 bits per heavy atom. The van der Waals surface area contributed by atoms with E-state index in [9.17, 15) is 0 Å². The van der Waals surface area contributed by atoms with E-state index in [1.807, 2.05) is 54.6 Å². The van der Waals surface area contributed by atoms with Crippen LogP contribution < -0.4 is 14.4 Å². The van der Waals surface area contributed by atoms with Gasteiger partial charge in [0.25, 0.3) is 0 Å². The van der Waals surface area contributed by atoms with Gasteiger partial charge >= 0.3 is 0 Å². The van der Waals surface area contributed by atoms with Gasteiger partial charge in [-0.2, -0.15) is 0 Å². The Labute approximate surface area is 301 Å². The maximum absolute atomic E-state index is 6.74. The summed E-state index contributed by atoms with van der Waals surface area (Å²) in [6.07, 6.45) is 0. The first-order valence-electron chi connectivity index (χ1n) is 17.4. The highest BCUT2D eigenvalue weighted by Gasteiger charge is 2.26. The molecule has 0 radical (unpaired) electrons. The Hall–Kier alpha value is -7.11. The second-order valence-electron chi connectivity index (χ2n) is 12.8. The van der Waals surface area contributed by atoms with Crippen LogP contribution in [0.1, 0.15) is 0 Å². The van der Waals surface area contributed by atoms with E-state index in [2.05, 4.69) is 143 Å². The first-order chi connectivity index (χ1) is 25.8. The van der Waals surface area contributed by atoms with Gasteiger partial charge in [-0.05, 0) is 78.9 Å². The number of pyridine rings is 1. The fraction of sp³-hybridized carbons (Fsp3) is 0. The smallest absolute Gasteiger partial charge is 0.180 e. The van der Waals surface area contributed by atoms with Gasteiger partial charge in [0.05, 0.1) is 33.5 Å². The fourth-order valence-corrected chi connectivity index (χ4v) is 7.26. The summed E-state index contributed by atoms with van der Waals surface area (Å²) in [5, 5.41) is 2.02. The first-order valence-corrected chi connectivity index (χ1v) is 17.4. The summed E-state index contributed by atoms with van der Waals surface area (Å²) in [7, 11) is 0. The highest BCUT2D eigenvalue weighted by molar-refractivity contribution is 6.14. The lowest BCUT2D eigenvalue weighted by atomic mass is 10.1. The maximum atomic E-state index is 6.74. The van der Waals surface area contributed by atoms with Crippen LogP contribution in [0, 0.1) is 0 Å². The van der Waals surface area contributed by atoms with Gasteiger partial charge in [0.15, 0.2) is 23.0 Å². The number of nitrogens with zero attached hydrogens (tertiary/aromatic N) is 3. The van der Waals surface area contributed by atoms with Crippen molar-refractivity contribution >= 4 is 38.9 Å². The van der Waals surface area contributed by atoms with Crippen LogP contribution in [-0.4, -0.2) is 9.55 Å². The van der Waals surface area contributed by atoms with Crippen LogP contribution in [0.15, 0.2) is 188 Å². The molecule has 1 aliphatic rings. The molecule has 0 aliphatic carbocycles. The van der Waals surface area contributed by atoms with Gasteiger partial charge in [0.2, 0.25) is 0 Å². The lowest BCUT2D eigenvalue weighted by molar-refractivity contribution is 0.363. The SMILES string of the molecule is c1ccc(-c2cc(-n3c4ccc(N(c5ccccc5)c5ccccc5)cc4c4c5c(ccc43)Oc3ccccc3O5)cc(-c3ccccc3)n2)cc1. The summed E-state index contributed by atoms with van der Waals surface area (Å²) in [6, 6.07) is 64.8. The van der Waals surface area contributed by atoms with Crippen molar-refractivity contribution in [2.75, 3.05) is 4.90 Å². The predicted octanol–water partition coefficient (Wildman–Crippen LogP) is 12.9. The second-order valence-corrected chi connectivity index (χ2v) is 12.8. The molecule has 0 bridgehead atoms.